The molecule has 0 fully saturated rings. The first-order chi connectivity index (χ1) is 9.85. The van der Waals surface area contributed by atoms with Gasteiger partial charge in [-0.2, -0.15) is 0 Å². The Balaban J connectivity index is 3.24. The molecule has 1 atom stereocenters. The van der Waals surface area contributed by atoms with Crippen molar-refractivity contribution < 1.29 is 0 Å². The topological polar surface area (TPSA) is 38.0 Å². The molecule has 0 radical (unpaired) electrons. The van der Waals surface area contributed by atoms with Crippen molar-refractivity contribution in [2.45, 2.75) is 116 Å². The van der Waals surface area contributed by atoms with E-state index in [-0.39, 0.29) is 0 Å². The summed E-state index contributed by atoms with van der Waals surface area (Å²) in [5, 5.41) is 0. The molecule has 0 saturated carbocycles. The van der Waals surface area contributed by atoms with Crippen LogP contribution in [0.2, 0.25) is 0 Å². The summed E-state index contributed by atoms with van der Waals surface area (Å²) in [6, 6.07) is 0.552. The summed E-state index contributed by atoms with van der Waals surface area (Å²) in [6.07, 6.45) is 20.6. The van der Waals surface area contributed by atoms with Crippen LogP contribution < -0.4 is 11.3 Å². The zero-order valence-corrected chi connectivity index (χ0v) is 14.3. The van der Waals surface area contributed by atoms with E-state index in [0.717, 1.165) is 0 Å². The van der Waals surface area contributed by atoms with Crippen LogP contribution in [0.1, 0.15) is 110 Å². The van der Waals surface area contributed by atoms with Gasteiger partial charge in [0.15, 0.2) is 0 Å². The molecule has 0 aliphatic carbocycles. The van der Waals surface area contributed by atoms with Gasteiger partial charge in [0.1, 0.15) is 0 Å². The van der Waals surface area contributed by atoms with E-state index in [9.17, 15) is 0 Å². The second-order valence-electron chi connectivity index (χ2n) is 6.33. The van der Waals surface area contributed by atoms with E-state index in [1.807, 2.05) is 0 Å². The molecule has 0 rings (SSSR count). The first-order valence-electron chi connectivity index (χ1n) is 9.31. The van der Waals surface area contributed by atoms with Crippen LogP contribution >= 0.6 is 0 Å². The highest BCUT2D eigenvalue weighted by Crippen LogP contribution is 2.13. The first-order valence-corrected chi connectivity index (χ1v) is 9.31. The largest absolute Gasteiger partial charge is 0.271 e. The van der Waals surface area contributed by atoms with Crippen molar-refractivity contribution in [3.05, 3.63) is 0 Å². The Morgan fingerprint density at radius 1 is 0.600 bits per heavy atom. The molecule has 20 heavy (non-hydrogen) atoms. The molecule has 2 nitrogen and oxygen atoms in total. The Bertz CT molecular complexity index is 171. The van der Waals surface area contributed by atoms with E-state index >= 15 is 0 Å². The third kappa shape index (κ3) is 14.3. The quantitative estimate of drug-likeness (QED) is 0.216. The number of nitrogens with two attached hydrogens (primary N) is 1. The lowest BCUT2D eigenvalue weighted by Gasteiger charge is -2.15. The third-order valence-corrected chi connectivity index (χ3v) is 4.30. The Hall–Kier alpha value is -0.0800. The minimum Gasteiger partial charge on any atom is -0.271 e. The molecule has 0 aromatic rings. The van der Waals surface area contributed by atoms with E-state index in [0.29, 0.717) is 6.04 Å². The molecule has 0 bridgehead atoms. The molecule has 0 aromatic heterocycles. The Kier molecular flexibility index (Phi) is 16.9. The van der Waals surface area contributed by atoms with E-state index in [1.54, 1.807) is 0 Å². The third-order valence-electron chi connectivity index (χ3n) is 4.30. The van der Waals surface area contributed by atoms with Crippen molar-refractivity contribution in [2.75, 3.05) is 0 Å². The highest BCUT2D eigenvalue weighted by molar-refractivity contribution is 4.64. The van der Waals surface area contributed by atoms with Gasteiger partial charge in [-0.15, -0.1) is 0 Å². The average molecular weight is 285 g/mol. The molecule has 0 spiro atoms. The van der Waals surface area contributed by atoms with Crippen molar-refractivity contribution in [1.29, 1.82) is 0 Å². The fourth-order valence-corrected chi connectivity index (χ4v) is 2.83. The van der Waals surface area contributed by atoms with Gasteiger partial charge in [-0.05, 0) is 12.8 Å². The number of hydrazine groups is 1. The summed E-state index contributed by atoms with van der Waals surface area (Å²) in [7, 11) is 0. The van der Waals surface area contributed by atoms with Gasteiger partial charge in [0.05, 0.1) is 0 Å². The first kappa shape index (κ1) is 19.9. The maximum Gasteiger partial charge on any atom is 0.0210 e. The van der Waals surface area contributed by atoms with Gasteiger partial charge in [0.2, 0.25) is 0 Å². The van der Waals surface area contributed by atoms with Gasteiger partial charge < -0.3 is 0 Å². The van der Waals surface area contributed by atoms with Crippen molar-refractivity contribution in [3.8, 4) is 0 Å². The van der Waals surface area contributed by atoms with E-state index in [2.05, 4.69) is 19.3 Å². The van der Waals surface area contributed by atoms with Crippen LogP contribution in [0.4, 0.5) is 0 Å². The van der Waals surface area contributed by atoms with Gasteiger partial charge >= 0.3 is 0 Å². The van der Waals surface area contributed by atoms with Crippen LogP contribution in [0.5, 0.6) is 0 Å². The van der Waals surface area contributed by atoms with Crippen LogP contribution in [-0.2, 0) is 0 Å². The lowest BCUT2D eigenvalue weighted by molar-refractivity contribution is 0.420. The van der Waals surface area contributed by atoms with Crippen LogP contribution in [0.15, 0.2) is 0 Å². The predicted molar refractivity (Wildman–Crippen MR) is 91.7 cm³/mol. The number of unbranched alkanes of at least 4 members (excludes halogenated alkanes) is 11. The Morgan fingerprint density at radius 2 is 0.950 bits per heavy atom. The van der Waals surface area contributed by atoms with Crippen molar-refractivity contribution in [3.63, 3.8) is 0 Å². The van der Waals surface area contributed by atoms with Crippen molar-refractivity contribution in [1.82, 2.24) is 5.43 Å². The summed E-state index contributed by atoms with van der Waals surface area (Å²) >= 11 is 0. The number of rotatable bonds is 16. The maximum absolute atomic E-state index is 5.65. The summed E-state index contributed by atoms with van der Waals surface area (Å²) in [6.45, 7) is 4.55. The normalized spacial score (nSPS) is 12.8. The van der Waals surface area contributed by atoms with E-state index in [1.165, 1.54) is 96.3 Å². The SMILES string of the molecule is CCCCCCCCCCCC(CCCCCC)NN. The summed E-state index contributed by atoms with van der Waals surface area (Å²) in [5.74, 6) is 5.65. The second-order valence-corrected chi connectivity index (χ2v) is 6.33. The summed E-state index contributed by atoms with van der Waals surface area (Å²) < 4.78 is 0. The molecule has 122 valence electrons. The molecule has 0 aliphatic rings. The van der Waals surface area contributed by atoms with E-state index < -0.39 is 0 Å². The minimum atomic E-state index is 0.552. The highest BCUT2D eigenvalue weighted by Gasteiger charge is 2.05. The molecule has 3 N–H and O–H groups in total. The zero-order valence-electron chi connectivity index (χ0n) is 14.3. The molecular weight excluding hydrogens is 244 g/mol. The maximum atomic E-state index is 5.65. The number of nitrogens with one attached hydrogen (secondary N) is 1. The van der Waals surface area contributed by atoms with Crippen LogP contribution in [0.3, 0.4) is 0 Å². The Morgan fingerprint density at radius 3 is 1.35 bits per heavy atom. The highest BCUT2D eigenvalue weighted by atomic mass is 15.2. The molecule has 0 amide bonds. The smallest absolute Gasteiger partial charge is 0.0210 e. The standard InChI is InChI=1S/C18H40N2/c1-3-5-7-9-10-11-12-13-15-17-18(20-19)16-14-8-6-4-2/h18,20H,3-17,19H2,1-2H3. The van der Waals surface area contributed by atoms with Gasteiger partial charge in [0, 0.05) is 6.04 Å². The molecule has 0 aliphatic heterocycles. The van der Waals surface area contributed by atoms with Gasteiger partial charge in [0.25, 0.3) is 0 Å². The van der Waals surface area contributed by atoms with Gasteiger partial charge in [-0.3, -0.25) is 11.3 Å². The molecule has 0 aromatic carbocycles. The Labute approximate surface area is 128 Å². The lowest BCUT2D eigenvalue weighted by Crippen LogP contribution is -2.34. The summed E-state index contributed by atoms with van der Waals surface area (Å²) in [4.78, 5) is 0. The molecular formula is C18H40N2. The molecule has 1 unspecified atom stereocenters. The summed E-state index contributed by atoms with van der Waals surface area (Å²) in [5.41, 5.74) is 3.00. The molecule has 0 heterocycles. The van der Waals surface area contributed by atoms with Crippen molar-refractivity contribution >= 4 is 0 Å². The number of hydrogen-bond acceptors (Lipinski definition) is 2. The fourth-order valence-electron chi connectivity index (χ4n) is 2.83. The molecule has 0 saturated heterocycles. The van der Waals surface area contributed by atoms with Crippen LogP contribution in [-0.4, -0.2) is 6.04 Å². The second kappa shape index (κ2) is 17.0. The van der Waals surface area contributed by atoms with Gasteiger partial charge in [-0.1, -0.05) is 97.3 Å². The lowest BCUT2D eigenvalue weighted by atomic mass is 10.0. The van der Waals surface area contributed by atoms with Gasteiger partial charge in [-0.25, -0.2) is 0 Å². The van der Waals surface area contributed by atoms with Crippen LogP contribution in [0, 0.1) is 0 Å². The predicted octanol–water partition coefficient (Wildman–Crippen LogP) is 5.71. The van der Waals surface area contributed by atoms with Crippen molar-refractivity contribution in [2.24, 2.45) is 5.84 Å². The minimum absolute atomic E-state index is 0.552. The number of hydrogen-bond donors (Lipinski definition) is 2. The average Bonchev–Trinajstić information content (AvgIpc) is 2.47. The van der Waals surface area contributed by atoms with E-state index in [4.69, 9.17) is 5.84 Å². The monoisotopic (exact) mass is 284 g/mol. The zero-order chi connectivity index (χ0) is 14.9. The molecule has 2 heteroatoms. The fraction of sp³-hybridized carbons (Fsp3) is 1.00. The van der Waals surface area contributed by atoms with Crippen LogP contribution in [0.25, 0.3) is 0 Å².